The Balaban J connectivity index is 2.01. The van der Waals surface area contributed by atoms with E-state index in [1.165, 1.54) is 0 Å². The number of hydrogen-bond acceptors (Lipinski definition) is 2. The van der Waals surface area contributed by atoms with Crippen molar-refractivity contribution in [3.63, 3.8) is 0 Å². The molecule has 0 aliphatic carbocycles. The number of nitrogens with one attached hydrogen (secondary N) is 1. The smallest absolute Gasteiger partial charge is 0.262 e. The van der Waals surface area contributed by atoms with Crippen LogP contribution in [-0.2, 0) is 4.79 Å². The van der Waals surface area contributed by atoms with Gasteiger partial charge in [-0.3, -0.25) is 4.79 Å². The van der Waals surface area contributed by atoms with Crippen LogP contribution in [0.3, 0.4) is 0 Å². The summed E-state index contributed by atoms with van der Waals surface area (Å²) < 4.78 is 6.41. The quantitative estimate of drug-likeness (QED) is 0.744. The van der Waals surface area contributed by atoms with E-state index in [0.717, 1.165) is 15.6 Å². The number of halogens is 3. The molecule has 0 bridgehead atoms. The predicted octanol–water partition coefficient (Wildman–Crippen LogP) is 5.39. The normalized spacial score (nSPS) is 10.4. The lowest BCUT2D eigenvalue weighted by molar-refractivity contribution is -0.118. The lowest BCUT2D eigenvalue weighted by atomic mass is 10.1. The minimum Gasteiger partial charge on any atom is -0.482 e. The number of rotatable bonds is 4. The van der Waals surface area contributed by atoms with Gasteiger partial charge in [-0.2, -0.15) is 0 Å². The van der Waals surface area contributed by atoms with Gasteiger partial charge >= 0.3 is 0 Å². The van der Waals surface area contributed by atoms with Crippen molar-refractivity contribution in [2.24, 2.45) is 0 Å². The SMILES string of the molecule is Cc1cc(C)c(OCC(=O)Nc2cc(Cl)cc(Cl)c2)c(Br)c1. The van der Waals surface area contributed by atoms with Crippen molar-refractivity contribution in [3.05, 3.63) is 56.0 Å². The van der Waals surface area contributed by atoms with Crippen LogP contribution in [0.4, 0.5) is 5.69 Å². The Morgan fingerprint density at radius 3 is 2.36 bits per heavy atom. The Kier molecular flexibility index (Phi) is 5.73. The molecule has 0 aromatic heterocycles. The van der Waals surface area contributed by atoms with Gasteiger partial charge in [0.05, 0.1) is 4.47 Å². The van der Waals surface area contributed by atoms with Crippen LogP contribution >= 0.6 is 39.1 Å². The van der Waals surface area contributed by atoms with Crippen LogP contribution in [0.5, 0.6) is 5.75 Å². The second-order valence-corrected chi connectivity index (χ2v) is 6.61. The minimum atomic E-state index is -0.287. The number of hydrogen-bond donors (Lipinski definition) is 1. The highest BCUT2D eigenvalue weighted by atomic mass is 79.9. The summed E-state index contributed by atoms with van der Waals surface area (Å²) in [6.07, 6.45) is 0. The minimum absolute atomic E-state index is 0.105. The van der Waals surface area contributed by atoms with Gasteiger partial charge in [0.25, 0.3) is 5.91 Å². The molecule has 22 heavy (non-hydrogen) atoms. The van der Waals surface area contributed by atoms with Crippen LogP contribution in [0.15, 0.2) is 34.8 Å². The fourth-order valence-corrected chi connectivity index (χ4v) is 3.36. The molecule has 1 amide bonds. The summed E-state index contributed by atoms with van der Waals surface area (Å²) in [5.74, 6) is 0.370. The summed E-state index contributed by atoms with van der Waals surface area (Å²) in [6, 6.07) is 8.78. The fraction of sp³-hybridized carbons (Fsp3) is 0.188. The predicted molar refractivity (Wildman–Crippen MR) is 94.2 cm³/mol. The number of carbonyl (C=O) groups is 1. The fourth-order valence-electron chi connectivity index (χ4n) is 2.05. The first-order valence-electron chi connectivity index (χ1n) is 6.50. The van der Waals surface area contributed by atoms with Gasteiger partial charge in [0.1, 0.15) is 5.75 Å². The molecule has 6 heteroatoms. The first-order chi connectivity index (χ1) is 10.3. The van der Waals surface area contributed by atoms with Gasteiger partial charge in [-0.15, -0.1) is 0 Å². The molecule has 0 unspecified atom stereocenters. The zero-order chi connectivity index (χ0) is 16.3. The van der Waals surface area contributed by atoms with Gasteiger partial charge in [0, 0.05) is 15.7 Å². The maximum atomic E-state index is 12.0. The summed E-state index contributed by atoms with van der Waals surface area (Å²) in [5, 5.41) is 3.61. The Morgan fingerprint density at radius 1 is 1.14 bits per heavy atom. The molecule has 0 radical (unpaired) electrons. The molecule has 1 N–H and O–H groups in total. The number of benzene rings is 2. The maximum absolute atomic E-state index is 12.0. The van der Waals surface area contributed by atoms with Crippen LogP contribution in [0, 0.1) is 13.8 Å². The zero-order valence-electron chi connectivity index (χ0n) is 12.0. The average molecular weight is 403 g/mol. The summed E-state index contributed by atoms with van der Waals surface area (Å²) in [6.45, 7) is 3.82. The van der Waals surface area contributed by atoms with Crippen molar-refractivity contribution in [1.82, 2.24) is 0 Å². The number of aryl methyl sites for hydroxylation is 2. The van der Waals surface area contributed by atoms with Crippen molar-refractivity contribution in [3.8, 4) is 5.75 Å². The first kappa shape index (κ1) is 17.1. The highest BCUT2D eigenvalue weighted by Crippen LogP contribution is 2.30. The van der Waals surface area contributed by atoms with Crippen LogP contribution < -0.4 is 10.1 Å². The molecule has 0 aliphatic heterocycles. The van der Waals surface area contributed by atoms with E-state index in [2.05, 4.69) is 21.2 Å². The molecular formula is C16H14BrCl2NO2. The third kappa shape index (κ3) is 4.63. The van der Waals surface area contributed by atoms with E-state index < -0.39 is 0 Å². The summed E-state index contributed by atoms with van der Waals surface area (Å²) >= 11 is 15.2. The van der Waals surface area contributed by atoms with E-state index in [9.17, 15) is 4.79 Å². The number of carbonyl (C=O) groups excluding carboxylic acids is 1. The molecule has 0 saturated heterocycles. The van der Waals surface area contributed by atoms with Gasteiger partial charge in [-0.1, -0.05) is 29.3 Å². The van der Waals surface area contributed by atoms with Crippen molar-refractivity contribution >= 4 is 50.7 Å². The topological polar surface area (TPSA) is 38.3 Å². The monoisotopic (exact) mass is 401 g/mol. The van der Waals surface area contributed by atoms with Crippen molar-refractivity contribution in [1.29, 1.82) is 0 Å². The van der Waals surface area contributed by atoms with Crippen LogP contribution in [0.25, 0.3) is 0 Å². The third-order valence-electron chi connectivity index (χ3n) is 2.87. The largest absolute Gasteiger partial charge is 0.482 e. The molecule has 0 atom stereocenters. The number of anilines is 1. The Bertz CT molecular complexity index is 676. The van der Waals surface area contributed by atoms with Crippen molar-refractivity contribution in [2.75, 3.05) is 11.9 Å². The molecule has 0 heterocycles. The van der Waals surface area contributed by atoms with E-state index in [1.807, 2.05) is 26.0 Å². The first-order valence-corrected chi connectivity index (χ1v) is 8.05. The van der Waals surface area contributed by atoms with Crippen LogP contribution in [-0.4, -0.2) is 12.5 Å². The average Bonchev–Trinajstić information content (AvgIpc) is 2.35. The number of amides is 1. The highest BCUT2D eigenvalue weighted by molar-refractivity contribution is 9.10. The number of ether oxygens (including phenoxy) is 1. The Labute approximate surface area is 147 Å². The van der Waals surface area contributed by atoms with Crippen LogP contribution in [0.2, 0.25) is 10.0 Å². The van der Waals surface area contributed by atoms with Gasteiger partial charge in [0.2, 0.25) is 0 Å². The highest BCUT2D eigenvalue weighted by Gasteiger charge is 2.10. The zero-order valence-corrected chi connectivity index (χ0v) is 15.1. The molecular weight excluding hydrogens is 389 g/mol. The lowest BCUT2D eigenvalue weighted by Crippen LogP contribution is -2.20. The van der Waals surface area contributed by atoms with E-state index >= 15 is 0 Å². The van der Waals surface area contributed by atoms with Gasteiger partial charge < -0.3 is 10.1 Å². The van der Waals surface area contributed by atoms with Gasteiger partial charge in [0.15, 0.2) is 6.61 Å². The Morgan fingerprint density at radius 2 is 1.77 bits per heavy atom. The van der Waals surface area contributed by atoms with Crippen molar-refractivity contribution in [2.45, 2.75) is 13.8 Å². The summed E-state index contributed by atoms with van der Waals surface area (Å²) in [5.41, 5.74) is 2.62. The maximum Gasteiger partial charge on any atom is 0.262 e. The second kappa shape index (κ2) is 7.36. The van der Waals surface area contributed by atoms with E-state index in [4.69, 9.17) is 27.9 Å². The van der Waals surface area contributed by atoms with Crippen molar-refractivity contribution < 1.29 is 9.53 Å². The molecule has 0 saturated carbocycles. The molecule has 0 aliphatic rings. The molecule has 2 rings (SSSR count). The standard InChI is InChI=1S/C16H14BrCl2NO2/c1-9-3-10(2)16(14(17)4-9)22-8-15(21)20-13-6-11(18)5-12(19)7-13/h3-7H,8H2,1-2H3,(H,20,21). The molecule has 3 nitrogen and oxygen atoms in total. The third-order valence-corrected chi connectivity index (χ3v) is 3.89. The van der Waals surface area contributed by atoms with Crippen LogP contribution in [0.1, 0.15) is 11.1 Å². The second-order valence-electron chi connectivity index (χ2n) is 4.89. The molecule has 2 aromatic carbocycles. The molecule has 2 aromatic rings. The molecule has 0 spiro atoms. The Hall–Kier alpha value is -1.23. The van der Waals surface area contributed by atoms with E-state index in [0.29, 0.717) is 21.5 Å². The molecule has 0 fully saturated rings. The van der Waals surface area contributed by atoms with E-state index in [1.54, 1.807) is 18.2 Å². The van der Waals surface area contributed by atoms with E-state index in [-0.39, 0.29) is 12.5 Å². The lowest BCUT2D eigenvalue weighted by Gasteiger charge is -2.12. The summed E-state index contributed by atoms with van der Waals surface area (Å²) in [7, 11) is 0. The van der Waals surface area contributed by atoms with Gasteiger partial charge in [-0.05, 0) is 65.2 Å². The molecule has 116 valence electrons. The summed E-state index contributed by atoms with van der Waals surface area (Å²) in [4.78, 5) is 12.0. The van der Waals surface area contributed by atoms with Gasteiger partial charge in [-0.25, -0.2) is 0 Å².